The summed E-state index contributed by atoms with van der Waals surface area (Å²) < 4.78 is 0. The summed E-state index contributed by atoms with van der Waals surface area (Å²) in [5.41, 5.74) is 6.59. The number of nitrogens with two attached hydrogens (primary N) is 1. The van der Waals surface area contributed by atoms with Gasteiger partial charge in [-0.15, -0.1) is 0 Å². The minimum absolute atomic E-state index is 0.0867. The second-order valence-electron chi connectivity index (χ2n) is 5.83. The van der Waals surface area contributed by atoms with Crippen LogP contribution < -0.4 is 16.0 Å². The minimum Gasteiger partial charge on any atom is -0.370 e. The van der Waals surface area contributed by atoms with Crippen molar-refractivity contribution >= 4 is 17.5 Å². The van der Waals surface area contributed by atoms with Gasteiger partial charge in [0.2, 0.25) is 5.91 Å². The molecule has 1 amide bonds. The van der Waals surface area contributed by atoms with Gasteiger partial charge in [-0.1, -0.05) is 13.8 Å². The Balaban J connectivity index is 2.34. The lowest BCUT2D eigenvalue weighted by atomic mass is 9.96. The van der Waals surface area contributed by atoms with Crippen LogP contribution >= 0.6 is 0 Å². The highest BCUT2D eigenvalue weighted by molar-refractivity contribution is 5.77. The number of carbonyl (C=O) groups is 1. The van der Waals surface area contributed by atoms with E-state index in [0.29, 0.717) is 12.5 Å². The number of piperidine rings is 1. The lowest BCUT2D eigenvalue weighted by molar-refractivity contribution is -0.122. The number of nitrogens with one attached hydrogen (secondary N) is 1. The maximum Gasteiger partial charge on any atom is 0.222 e. The lowest BCUT2D eigenvalue weighted by Gasteiger charge is -2.34. The third-order valence-corrected chi connectivity index (χ3v) is 3.91. The number of carbonyl (C=O) groups excluding carboxylic acids is 1. The molecule has 0 bridgehead atoms. The van der Waals surface area contributed by atoms with E-state index in [9.17, 15) is 4.79 Å². The molecule has 1 fully saturated rings. The summed E-state index contributed by atoms with van der Waals surface area (Å²) in [5, 5.41) is 3.30. The predicted octanol–water partition coefficient (Wildman–Crippen LogP) is 1.73. The maximum absolute atomic E-state index is 11.5. The Morgan fingerprint density at radius 1 is 1.52 bits per heavy atom. The van der Waals surface area contributed by atoms with Crippen molar-refractivity contribution in [2.24, 2.45) is 11.7 Å². The molecule has 1 aromatic heterocycles. The summed E-state index contributed by atoms with van der Waals surface area (Å²) in [5.74, 6) is 1.83. The Morgan fingerprint density at radius 3 is 2.90 bits per heavy atom. The minimum atomic E-state index is -0.216. The van der Waals surface area contributed by atoms with Crippen molar-refractivity contribution in [1.82, 2.24) is 9.97 Å². The van der Waals surface area contributed by atoms with E-state index >= 15 is 0 Å². The molecule has 0 saturated carbocycles. The zero-order valence-corrected chi connectivity index (χ0v) is 13.1. The maximum atomic E-state index is 11.5. The van der Waals surface area contributed by atoms with E-state index in [4.69, 9.17) is 5.73 Å². The van der Waals surface area contributed by atoms with E-state index in [0.717, 1.165) is 43.1 Å². The van der Waals surface area contributed by atoms with Crippen molar-refractivity contribution in [1.29, 1.82) is 0 Å². The molecular weight excluding hydrogens is 266 g/mol. The third kappa shape index (κ3) is 3.43. The summed E-state index contributed by atoms with van der Waals surface area (Å²) in [6.07, 6.45) is 3.42. The average Bonchev–Trinajstić information content (AvgIpc) is 2.47. The fourth-order valence-electron chi connectivity index (χ4n) is 2.88. The Labute approximate surface area is 126 Å². The van der Waals surface area contributed by atoms with Gasteiger partial charge in [-0.05, 0) is 25.7 Å². The quantitative estimate of drug-likeness (QED) is 0.863. The summed E-state index contributed by atoms with van der Waals surface area (Å²) >= 11 is 0. The Hall–Kier alpha value is -1.85. The van der Waals surface area contributed by atoms with Gasteiger partial charge in [0.1, 0.15) is 18.0 Å². The fraction of sp³-hybridized carbons (Fsp3) is 0.667. The fourth-order valence-corrected chi connectivity index (χ4v) is 2.88. The van der Waals surface area contributed by atoms with E-state index in [2.05, 4.69) is 41.0 Å². The first-order chi connectivity index (χ1) is 10.0. The Morgan fingerprint density at radius 2 is 2.29 bits per heavy atom. The molecule has 0 aromatic carbocycles. The SMILES string of the molecule is CCNc1ncnc(N2CCCC(C(N)=O)C2)c1C(C)C. The number of primary amides is 1. The number of amides is 1. The van der Waals surface area contributed by atoms with Gasteiger partial charge in [-0.3, -0.25) is 4.79 Å². The molecule has 6 heteroatoms. The van der Waals surface area contributed by atoms with Crippen molar-refractivity contribution in [3.63, 3.8) is 0 Å². The average molecular weight is 291 g/mol. The number of aromatic nitrogens is 2. The summed E-state index contributed by atoms with van der Waals surface area (Å²) in [4.78, 5) is 22.5. The first-order valence-electron chi connectivity index (χ1n) is 7.67. The van der Waals surface area contributed by atoms with Gasteiger partial charge in [-0.2, -0.15) is 0 Å². The van der Waals surface area contributed by atoms with Crippen molar-refractivity contribution < 1.29 is 4.79 Å². The van der Waals surface area contributed by atoms with E-state index in [1.54, 1.807) is 6.33 Å². The number of anilines is 2. The molecule has 1 aliphatic heterocycles. The zero-order chi connectivity index (χ0) is 15.4. The molecule has 1 aliphatic rings. The zero-order valence-electron chi connectivity index (χ0n) is 13.1. The highest BCUT2D eigenvalue weighted by atomic mass is 16.1. The van der Waals surface area contributed by atoms with Crippen LogP contribution in [0, 0.1) is 5.92 Å². The van der Waals surface area contributed by atoms with E-state index in [-0.39, 0.29) is 11.8 Å². The molecule has 6 nitrogen and oxygen atoms in total. The number of rotatable bonds is 5. The van der Waals surface area contributed by atoms with Crippen LogP contribution in [0.25, 0.3) is 0 Å². The Kier molecular flexibility index (Phi) is 4.98. The smallest absolute Gasteiger partial charge is 0.222 e. The van der Waals surface area contributed by atoms with Crippen molar-refractivity contribution in [3.05, 3.63) is 11.9 Å². The van der Waals surface area contributed by atoms with E-state index in [1.807, 2.05) is 0 Å². The molecule has 0 spiro atoms. The van der Waals surface area contributed by atoms with Gasteiger partial charge in [0.15, 0.2) is 0 Å². The van der Waals surface area contributed by atoms with E-state index in [1.165, 1.54) is 0 Å². The Bertz CT molecular complexity index is 503. The van der Waals surface area contributed by atoms with E-state index < -0.39 is 0 Å². The largest absolute Gasteiger partial charge is 0.370 e. The van der Waals surface area contributed by atoms with Crippen molar-refractivity contribution in [2.45, 2.75) is 39.5 Å². The second kappa shape index (κ2) is 6.74. The molecule has 1 aromatic rings. The van der Waals surface area contributed by atoms with Crippen LogP contribution in [0.3, 0.4) is 0 Å². The van der Waals surface area contributed by atoms with Crippen LogP contribution in [0.1, 0.15) is 45.1 Å². The predicted molar refractivity (Wildman–Crippen MR) is 84.4 cm³/mol. The topological polar surface area (TPSA) is 84.1 Å². The molecule has 21 heavy (non-hydrogen) atoms. The van der Waals surface area contributed by atoms with Crippen LogP contribution in [0.2, 0.25) is 0 Å². The molecule has 0 aliphatic carbocycles. The van der Waals surface area contributed by atoms with Gasteiger partial charge in [0.05, 0.1) is 5.92 Å². The normalized spacial score (nSPS) is 18.9. The van der Waals surface area contributed by atoms with Gasteiger partial charge in [0, 0.05) is 25.2 Å². The molecule has 2 rings (SSSR count). The first-order valence-corrected chi connectivity index (χ1v) is 7.67. The van der Waals surface area contributed by atoms with Gasteiger partial charge in [0.25, 0.3) is 0 Å². The molecule has 2 heterocycles. The van der Waals surface area contributed by atoms with Crippen LogP contribution in [0.15, 0.2) is 6.33 Å². The van der Waals surface area contributed by atoms with Crippen LogP contribution in [0.5, 0.6) is 0 Å². The number of hydrogen-bond acceptors (Lipinski definition) is 5. The molecule has 1 atom stereocenters. The second-order valence-corrected chi connectivity index (χ2v) is 5.83. The number of hydrogen-bond donors (Lipinski definition) is 2. The highest BCUT2D eigenvalue weighted by Crippen LogP contribution is 2.32. The van der Waals surface area contributed by atoms with Gasteiger partial charge >= 0.3 is 0 Å². The summed E-state index contributed by atoms with van der Waals surface area (Å²) in [6, 6.07) is 0. The molecule has 1 saturated heterocycles. The van der Waals surface area contributed by atoms with Crippen molar-refractivity contribution in [2.75, 3.05) is 29.9 Å². The molecule has 0 radical (unpaired) electrons. The van der Waals surface area contributed by atoms with Crippen LogP contribution in [-0.4, -0.2) is 35.5 Å². The molecular formula is C15H25N5O. The first kappa shape index (κ1) is 15.5. The van der Waals surface area contributed by atoms with Crippen molar-refractivity contribution in [3.8, 4) is 0 Å². The monoisotopic (exact) mass is 291 g/mol. The highest BCUT2D eigenvalue weighted by Gasteiger charge is 2.27. The number of nitrogens with zero attached hydrogens (tertiary/aromatic N) is 3. The molecule has 3 N–H and O–H groups in total. The van der Waals surface area contributed by atoms with Crippen LogP contribution in [0.4, 0.5) is 11.6 Å². The summed E-state index contributed by atoms with van der Waals surface area (Å²) in [7, 11) is 0. The summed E-state index contributed by atoms with van der Waals surface area (Å²) in [6.45, 7) is 8.71. The third-order valence-electron chi connectivity index (χ3n) is 3.91. The lowest BCUT2D eigenvalue weighted by Crippen LogP contribution is -2.42. The van der Waals surface area contributed by atoms with Crippen LogP contribution in [-0.2, 0) is 4.79 Å². The standard InChI is InChI=1S/C15H25N5O/c1-4-17-14-12(10(2)3)15(19-9-18-14)20-7-5-6-11(8-20)13(16)21/h9-11H,4-8H2,1-3H3,(H2,16,21)(H,17,18,19). The van der Waals surface area contributed by atoms with Gasteiger partial charge < -0.3 is 16.0 Å². The molecule has 116 valence electrons. The molecule has 1 unspecified atom stereocenters. The van der Waals surface area contributed by atoms with Gasteiger partial charge in [-0.25, -0.2) is 9.97 Å².